The van der Waals surface area contributed by atoms with Gasteiger partial charge in [-0.15, -0.1) is 0 Å². The maximum absolute atomic E-state index is 13.1. The molecular formula is C25H18F4N2O2. The van der Waals surface area contributed by atoms with Crippen LogP contribution in [-0.2, 0) is 4.79 Å². The van der Waals surface area contributed by atoms with Crippen molar-refractivity contribution in [3.05, 3.63) is 83.7 Å². The number of fused-ring (bicyclic) bond motifs is 1. The van der Waals surface area contributed by atoms with Crippen LogP contribution < -0.4 is 10.1 Å². The molecule has 1 heterocycles. The molecule has 0 spiro atoms. The van der Waals surface area contributed by atoms with Crippen LogP contribution in [0.3, 0.4) is 0 Å². The number of carbonyl (C=O) groups is 1. The number of anilines is 1. The summed E-state index contributed by atoms with van der Waals surface area (Å²) in [5, 5.41) is 2.57. The third kappa shape index (κ3) is 5.06. The first-order chi connectivity index (χ1) is 15.7. The van der Waals surface area contributed by atoms with Crippen LogP contribution in [0.1, 0.15) is 11.1 Å². The first-order valence-corrected chi connectivity index (χ1v) is 9.86. The molecule has 8 heteroatoms. The fourth-order valence-corrected chi connectivity index (χ4v) is 3.35. The summed E-state index contributed by atoms with van der Waals surface area (Å²) in [5.41, 5.74) is 3.08. The van der Waals surface area contributed by atoms with E-state index in [4.69, 9.17) is 4.74 Å². The molecule has 33 heavy (non-hydrogen) atoms. The zero-order chi connectivity index (χ0) is 23.6. The summed E-state index contributed by atoms with van der Waals surface area (Å²) in [7, 11) is 1.55. The van der Waals surface area contributed by atoms with Crippen LogP contribution in [0.15, 0.2) is 66.7 Å². The van der Waals surface area contributed by atoms with Crippen molar-refractivity contribution < 1.29 is 27.1 Å². The summed E-state index contributed by atoms with van der Waals surface area (Å²) in [6.45, 7) is 0. The maximum Gasteiger partial charge on any atom is 0.471 e. The fourth-order valence-electron chi connectivity index (χ4n) is 3.35. The van der Waals surface area contributed by atoms with Crippen molar-refractivity contribution in [3.63, 3.8) is 0 Å². The molecule has 0 unspecified atom stereocenters. The largest absolute Gasteiger partial charge is 0.497 e. The molecule has 1 aromatic heterocycles. The Hall–Kier alpha value is -4.07. The van der Waals surface area contributed by atoms with Gasteiger partial charge in [0.2, 0.25) is 0 Å². The third-order valence-electron chi connectivity index (χ3n) is 5.00. The number of halogens is 4. The molecule has 3 aromatic carbocycles. The lowest BCUT2D eigenvalue weighted by Crippen LogP contribution is -2.30. The van der Waals surface area contributed by atoms with Crippen molar-refractivity contribution >= 4 is 34.6 Å². The normalized spacial score (nSPS) is 11.8. The molecule has 0 fully saturated rings. The predicted octanol–water partition coefficient (Wildman–Crippen LogP) is 6.65. The van der Waals surface area contributed by atoms with E-state index in [0.29, 0.717) is 33.5 Å². The minimum Gasteiger partial charge on any atom is -0.497 e. The number of benzene rings is 3. The van der Waals surface area contributed by atoms with Crippen LogP contribution in [0.2, 0.25) is 0 Å². The van der Waals surface area contributed by atoms with Crippen LogP contribution in [-0.4, -0.2) is 24.2 Å². The molecule has 0 aliphatic heterocycles. The van der Waals surface area contributed by atoms with Gasteiger partial charge in [0.1, 0.15) is 11.6 Å². The number of aromatic nitrogens is 1. The van der Waals surface area contributed by atoms with Gasteiger partial charge in [-0.3, -0.25) is 4.79 Å². The highest BCUT2D eigenvalue weighted by Gasteiger charge is 2.39. The number of ether oxygens (including phenoxy) is 1. The van der Waals surface area contributed by atoms with Crippen LogP contribution in [0.5, 0.6) is 5.75 Å². The van der Waals surface area contributed by atoms with E-state index < -0.39 is 12.1 Å². The standard InChI is InChI=1S/C25H18F4N2O2/c1-33-20-10-6-17(7-11-20)21-14-18-12-16(3-2-15-4-8-19(26)9-5-15)13-22(23(18)30-21)31-24(32)25(27,28)29/h2-14,30H,1H3,(H,31,32)/b3-2+. The Morgan fingerprint density at radius 1 is 0.939 bits per heavy atom. The lowest BCUT2D eigenvalue weighted by molar-refractivity contribution is -0.167. The molecule has 0 aliphatic rings. The summed E-state index contributed by atoms with van der Waals surface area (Å²) >= 11 is 0. The summed E-state index contributed by atoms with van der Waals surface area (Å²) in [6.07, 6.45) is -1.65. The van der Waals surface area contributed by atoms with E-state index in [-0.39, 0.29) is 11.5 Å². The van der Waals surface area contributed by atoms with Gasteiger partial charge in [0, 0.05) is 11.1 Å². The van der Waals surface area contributed by atoms with E-state index in [9.17, 15) is 22.4 Å². The van der Waals surface area contributed by atoms with E-state index in [0.717, 1.165) is 5.56 Å². The number of alkyl halides is 3. The molecule has 4 rings (SSSR count). The summed E-state index contributed by atoms with van der Waals surface area (Å²) in [6, 6.07) is 18.0. The monoisotopic (exact) mass is 454 g/mol. The van der Waals surface area contributed by atoms with Gasteiger partial charge in [0.25, 0.3) is 0 Å². The number of hydrogen-bond donors (Lipinski definition) is 2. The van der Waals surface area contributed by atoms with Gasteiger partial charge in [-0.2, -0.15) is 13.2 Å². The van der Waals surface area contributed by atoms with Gasteiger partial charge in [-0.25, -0.2) is 4.39 Å². The lowest BCUT2D eigenvalue weighted by Gasteiger charge is -2.10. The average molecular weight is 454 g/mol. The number of methoxy groups -OCH3 is 1. The maximum atomic E-state index is 13.1. The quantitative estimate of drug-likeness (QED) is 0.262. The van der Waals surface area contributed by atoms with Crippen molar-refractivity contribution in [1.82, 2.24) is 4.98 Å². The summed E-state index contributed by atoms with van der Waals surface area (Å²) in [4.78, 5) is 14.7. The van der Waals surface area contributed by atoms with E-state index in [2.05, 4.69) is 4.98 Å². The molecule has 168 valence electrons. The van der Waals surface area contributed by atoms with Crippen LogP contribution in [0.25, 0.3) is 34.3 Å². The molecule has 0 saturated heterocycles. The van der Waals surface area contributed by atoms with Crippen LogP contribution in [0, 0.1) is 5.82 Å². The molecule has 0 saturated carbocycles. The second-order valence-electron chi connectivity index (χ2n) is 7.28. The average Bonchev–Trinajstić information content (AvgIpc) is 3.22. The van der Waals surface area contributed by atoms with Crippen molar-refractivity contribution in [3.8, 4) is 17.0 Å². The van der Waals surface area contributed by atoms with Crippen molar-refractivity contribution in [2.75, 3.05) is 12.4 Å². The van der Waals surface area contributed by atoms with Gasteiger partial charge in [-0.05, 0) is 71.3 Å². The molecule has 0 radical (unpaired) electrons. The highest BCUT2D eigenvalue weighted by Crippen LogP contribution is 2.32. The van der Waals surface area contributed by atoms with Crippen molar-refractivity contribution in [2.45, 2.75) is 6.18 Å². The van der Waals surface area contributed by atoms with E-state index in [1.807, 2.05) is 17.4 Å². The number of rotatable bonds is 5. The topological polar surface area (TPSA) is 54.1 Å². The first kappa shape index (κ1) is 22.1. The fraction of sp³-hybridized carbons (Fsp3) is 0.0800. The number of amides is 1. The molecule has 4 aromatic rings. The van der Waals surface area contributed by atoms with Gasteiger partial charge in [0.15, 0.2) is 0 Å². The SMILES string of the molecule is COc1ccc(-c2cc3cc(/C=C/c4ccc(F)cc4)cc(NC(=O)C(F)(F)F)c3[nH]2)cc1. The zero-order valence-electron chi connectivity index (χ0n) is 17.3. The summed E-state index contributed by atoms with van der Waals surface area (Å²) in [5.74, 6) is -1.77. The highest BCUT2D eigenvalue weighted by atomic mass is 19.4. The summed E-state index contributed by atoms with van der Waals surface area (Å²) < 4.78 is 57.0. The Morgan fingerprint density at radius 3 is 2.24 bits per heavy atom. The van der Waals surface area contributed by atoms with Gasteiger partial charge in [-0.1, -0.05) is 24.3 Å². The number of carbonyl (C=O) groups excluding carboxylic acids is 1. The predicted molar refractivity (Wildman–Crippen MR) is 120 cm³/mol. The van der Waals surface area contributed by atoms with E-state index >= 15 is 0 Å². The van der Waals surface area contributed by atoms with Gasteiger partial charge in [0.05, 0.1) is 18.3 Å². The third-order valence-corrected chi connectivity index (χ3v) is 5.00. The molecule has 4 nitrogen and oxygen atoms in total. The minimum atomic E-state index is -5.03. The Bertz CT molecular complexity index is 1320. The Balaban J connectivity index is 1.76. The molecule has 0 atom stereocenters. The first-order valence-electron chi connectivity index (χ1n) is 9.86. The Kier molecular flexibility index (Phi) is 5.91. The van der Waals surface area contributed by atoms with Gasteiger partial charge >= 0.3 is 12.1 Å². The smallest absolute Gasteiger partial charge is 0.471 e. The van der Waals surface area contributed by atoms with E-state index in [1.165, 1.54) is 18.2 Å². The molecule has 0 aliphatic carbocycles. The lowest BCUT2D eigenvalue weighted by atomic mass is 10.1. The van der Waals surface area contributed by atoms with Crippen LogP contribution >= 0.6 is 0 Å². The minimum absolute atomic E-state index is 0.00616. The molecule has 2 N–H and O–H groups in total. The number of aromatic amines is 1. The number of H-pyrrole nitrogens is 1. The molecule has 0 bridgehead atoms. The van der Waals surface area contributed by atoms with E-state index in [1.54, 1.807) is 55.7 Å². The second kappa shape index (κ2) is 8.82. The Morgan fingerprint density at radius 2 is 1.61 bits per heavy atom. The van der Waals surface area contributed by atoms with Crippen LogP contribution in [0.4, 0.5) is 23.2 Å². The molecule has 1 amide bonds. The van der Waals surface area contributed by atoms with Crippen molar-refractivity contribution in [1.29, 1.82) is 0 Å². The van der Waals surface area contributed by atoms with Gasteiger partial charge < -0.3 is 15.0 Å². The zero-order valence-corrected chi connectivity index (χ0v) is 17.3. The number of nitrogens with one attached hydrogen (secondary N) is 2. The van der Waals surface area contributed by atoms with Crippen molar-refractivity contribution in [2.24, 2.45) is 0 Å². The number of hydrogen-bond acceptors (Lipinski definition) is 2. The highest BCUT2D eigenvalue weighted by molar-refractivity contribution is 6.05. The Labute approximate surface area is 186 Å². The molecular weight excluding hydrogens is 436 g/mol. The second-order valence-corrected chi connectivity index (χ2v) is 7.28.